The van der Waals surface area contributed by atoms with Crippen molar-refractivity contribution >= 4 is 43.9 Å². The first-order valence-electron chi connectivity index (χ1n) is 12.1. The van der Waals surface area contributed by atoms with E-state index in [9.17, 15) is 0 Å². The van der Waals surface area contributed by atoms with Gasteiger partial charge in [0.2, 0.25) is 0 Å². The summed E-state index contributed by atoms with van der Waals surface area (Å²) < 4.78 is 1.70. The molecule has 30 heavy (non-hydrogen) atoms. The van der Waals surface area contributed by atoms with Crippen LogP contribution in [0.25, 0.3) is 12.2 Å². The Balaban J connectivity index is 2.74. The van der Waals surface area contributed by atoms with Gasteiger partial charge in [-0.05, 0) is 0 Å². The first kappa shape index (κ1) is 25.0. The average molecular weight is 512 g/mol. The molecule has 0 unspecified atom stereocenters. The fourth-order valence-corrected chi connectivity index (χ4v) is 8.17. The minimum absolute atomic E-state index is 0.458. The Kier molecular flexibility index (Phi) is 11.1. The van der Waals surface area contributed by atoms with Crippen molar-refractivity contribution in [2.45, 2.75) is 78.6 Å². The summed E-state index contributed by atoms with van der Waals surface area (Å²) in [6.45, 7) is 6.96. The summed E-state index contributed by atoms with van der Waals surface area (Å²) in [7, 11) is 4.52. The Labute approximate surface area is 199 Å². The van der Waals surface area contributed by atoms with Gasteiger partial charge in [0.25, 0.3) is 0 Å². The van der Waals surface area contributed by atoms with Gasteiger partial charge in [0.1, 0.15) is 0 Å². The van der Waals surface area contributed by atoms with E-state index in [4.69, 9.17) is 0 Å². The van der Waals surface area contributed by atoms with Crippen molar-refractivity contribution in [2.75, 3.05) is 19.0 Å². The number of unbranched alkanes of at least 4 members (excludes halogenated alkanes) is 3. The Morgan fingerprint density at radius 2 is 1.27 bits per heavy atom. The molecule has 0 heterocycles. The second-order valence-electron chi connectivity index (χ2n) is 8.77. The molecule has 0 aliphatic carbocycles. The standard InChI is InChI=1S/C28H40N.Sn.3H/c1-6-9-17-24-22-28(29(4)5)27(19-11-8-3)26(18-10-7-2)25(24)21-20-23-15-13-12-14-16-23;;;;/h12-16,20-21H,6-11,17-19H2,1-5H3;;;;/b21-20+;;;;. The first-order valence-corrected chi connectivity index (χ1v) is 15.0. The van der Waals surface area contributed by atoms with Crippen LogP contribution in [0.3, 0.4) is 0 Å². The van der Waals surface area contributed by atoms with E-state index in [2.05, 4.69) is 82.3 Å². The maximum absolute atomic E-state index is 2.46. The fraction of sp³-hybridized carbons (Fsp3) is 0.500. The third-order valence-electron chi connectivity index (χ3n) is 6.14. The van der Waals surface area contributed by atoms with Crippen molar-refractivity contribution in [1.29, 1.82) is 0 Å². The van der Waals surface area contributed by atoms with Gasteiger partial charge < -0.3 is 0 Å². The summed E-state index contributed by atoms with van der Waals surface area (Å²) in [5, 5.41) is 0. The van der Waals surface area contributed by atoms with Crippen molar-refractivity contribution in [3.8, 4) is 0 Å². The normalized spacial score (nSPS) is 11.5. The van der Waals surface area contributed by atoms with Gasteiger partial charge in [0, 0.05) is 0 Å². The maximum atomic E-state index is 2.46. The first-order chi connectivity index (χ1) is 14.5. The van der Waals surface area contributed by atoms with Crippen molar-refractivity contribution in [3.05, 3.63) is 58.1 Å². The summed E-state index contributed by atoms with van der Waals surface area (Å²) in [5.74, 6) is 0. The van der Waals surface area contributed by atoms with E-state index in [1.807, 2.05) is 0 Å². The molecular weight excluding hydrogens is 469 g/mol. The molecule has 0 aliphatic rings. The number of rotatable bonds is 12. The van der Waals surface area contributed by atoms with Crippen LogP contribution in [0.2, 0.25) is 0 Å². The molecule has 0 saturated carbocycles. The zero-order chi connectivity index (χ0) is 21.9. The number of hydrogen-bond acceptors (Lipinski definition) is 1. The Morgan fingerprint density at radius 3 is 1.80 bits per heavy atom. The summed E-state index contributed by atoms with van der Waals surface area (Å²) in [6.07, 6.45) is 16.1. The Bertz CT molecular complexity index is 805. The zero-order valence-electron chi connectivity index (χ0n) is 20.4. The molecule has 164 valence electrons. The summed E-state index contributed by atoms with van der Waals surface area (Å²) in [4.78, 5) is 2.42. The average Bonchev–Trinajstić information content (AvgIpc) is 2.75. The molecule has 2 heteroatoms. The van der Waals surface area contributed by atoms with E-state index in [1.165, 1.54) is 63.4 Å². The monoisotopic (exact) mass is 513 g/mol. The predicted molar refractivity (Wildman–Crippen MR) is 142 cm³/mol. The minimum atomic E-state index is 0.458. The van der Waals surface area contributed by atoms with Crippen molar-refractivity contribution in [1.82, 2.24) is 0 Å². The van der Waals surface area contributed by atoms with Gasteiger partial charge in [-0.25, -0.2) is 0 Å². The summed E-state index contributed by atoms with van der Waals surface area (Å²) in [5.41, 5.74) is 9.39. The zero-order valence-corrected chi connectivity index (χ0v) is 26.1. The van der Waals surface area contributed by atoms with Crippen LogP contribution in [0.1, 0.15) is 87.1 Å². The number of nitrogens with zero attached hydrogens (tertiary/aromatic N) is 1. The van der Waals surface area contributed by atoms with E-state index in [0.717, 1.165) is 0 Å². The van der Waals surface area contributed by atoms with Crippen molar-refractivity contribution in [3.63, 3.8) is 0 Å². The van der Waals surface area contributed by atoms with Gasteiger partial charge in [0.15, 0.2) is 0 Å². The molecule has 0 radical (unpaired) electrons. The number of hydrogen-bond donors (Lipinski definition) is 0. The van der Waals surface area contributed by atoms with E-state index in [0.29, 0.717) is 22.5 Å². The Morgan fingerprint density at radius 1 is 0.733 bits per heavy atom. The van der Waals surface area contributed by atoms with Crippen LogP contribution < -0.4 is 8.48 Å². The van der Waals surface area contributed by atoms with Gasteiger partial charge in [-0.3, -0.25) is 0 Å². The van der Waals surface area contributed by atoms with Crippen molar-refractivity contribution in [2.24, 2.45) is 0 Å². The Hall–Kier alpha value is -1.22. The second-order valence-corrected chi connectivity index (χ2v) is 11.6. The summed E-state index contributed by atoms with van der Waals surface area (Å²) >= 11 is 0.458. The SMILES string of the molecule is CCCCc1[c]([SnH3])c(N(C)C)c(CCCC)c(CCCC)c1/C=C/c1ccccc1. The molecule has 0 aliphatic heterocycles. The third kappa shape index (κ3) is 6.64. The molecule has 1 nitrogen and oxygen atoms in total. The van der Waals surface area contributed by atoms with Gasteiger partial charge in [-0.2, -0.15) is 0 Å². The molecule has 2 rings (SSSR count). The topological polar surface area (TPSA) is 3.24 Å². The van der Waals surface area contributed by atoms with E-state index in [1.54, 1.807) is 31.5 Å². The number of benzene rings is 2. The molecule has 0 bridgehead atoms. The number of anilines is 1. The predicted octanol–water partition coefficient (Wildman–Crippen LogP) is 5.94. The third-order valence-corrected chi connectivity index (χ3v) is 9.21. The molecule has 0 fully saturated rings. The molecule has 0 saturated heterocycles. The van der Waals surface area contributed by atoms with Gasteiger partial charge in [0.05, 0.1) is 0 Å². The molecule has 0 spiro atoms. The molecule has 2 aromatic rings. The van der Waals surface area contributed by atoms with Crippen LogP contribution >= 0.6 is 0 Å². The van der Waals surface area contributed by atoms with Gasteiger partial charge >= 0.3 is 200 Å². The molecule has 0 atom stereocenters. The van der Waals surface area contributed by atoms with E-state index in [-0.39, 0.29) is 0 Å². The van der Waals surface area contributed by atoms with Crippen LogP contribution in [0.5, 0.6) is 0 Å². The molecule has 0 aromatic heterocycles. The van der Waals surface area contributed by atoms with Crippen LogP contribution in [0.15, 0.2) is 30.3 Å². The summed E-state index contributed by atoms with van der Waals surface area (Å²) in [6, 6.07) is 10.8. The van der Waals surface area contributed by atoms with Gasteiger partial charge in [-0.1, -0.05) is 0 Å². The van der Waals surface area contributed by atoms with E-state index < -0.39 is 0 Å². The molecule has 2 aromatic carbocycles. The van der Waals surface area contributed by atoms with Gasteiger partial charge in [-0.15, -0.1) is 0 Å². The van der Waals surface area contributed by atoms with E-state index >= 15 is 0 Å². The quantitative estimate of drug-likeness (QED) is 0.251. The second kappa shape index (κ2) is 13.2. The molecule has 0 amide bonds. The van der Waals surface area contributed by atoms with Crippen LogP contribution in [0.4, 0.5) is 5.69 Å². The fourth-order valence-electron chi connectivity index (χ4n) is 4.55. The molecule has 0 N–H and O–H groups in total. The van der Waals surface area contributed by atoms with Crippen molar-refractivity contribution < 1.29 is 0 Å². The van der Waals surface area contributed by atoms with Crippen LogP contribution in [0, 0.1) is 0 Å². The van der Waals surface area contributed by atoms with Crippen LogP contribution in [-0.2, 0) is 19.3 Å². The van der Waals surface area contributed by atoms with Crippen LogP contribution in [-0.4, -0.2) is 36.6 Å². The molecular formula is C28H43NSn.